The van der Waals surface area contributed by atoms with E-state index in [1.165, 1.54) is 11.1 Å². The van der Waals surface area contributed by atoms with Crippen LogP contribution in [0.2, 0.25) is 0 Å². The predicted molar refractivity (Wildman–Crippen MR) is 105 cm³/mol. The van der Waals surface area contributed by atoms with Gasteiger partial charge in [-0.05, 0) is 36.1 Å². The van der Waals surface area contributed by atoms with Gasteiger partial charge in [0.25, 0.3) is 5.56 Å². The quantitative estimate of drug-likeness (QED) is 0.599. The summed E-state index contributed by atoms with van der Waals surface area (Å²) < 4.78 is 1.72. The molecule has 1 aliphatic heterocycles. The molecule has 0 atom stereocenters. The van der Waals surface area contributed by atoms with Gasteiger partial charge in [0.1, 0.15) is 5.39 Å². The topological polar surface area (TPSA) is 66.8 Å². The van der Waals surface area contributed by atoms with Crippen molar-refractivity contribution in [2.75, 3.05) is 11.4 Å². The van der Waals surface area contributed by atoms with Crippen LogP contribution in [-0.2, 0) is 13.0 Å². The number of nitrogens with one attached hydrogen (secondary N) is 1. The number of hydrogen-bond acceptors (Lipinski definition) is 4. The summed E-state index contributed by atoms with van der Waals surface area (Å²) in [7, 11) is 0. The van der Waals surface area contributed by atoms with Crippen molar-refractivity contribution >= 4 is 17.0 Å². The second-order valence-corrected chi connectivity index (χ2v) is 6.81. The Labute approximate surface area is 156 Å². The van der Waals surface area contributed by atoms with Gasteiger partial charge in [-0.25, -0.2) is 4.68 Å². The Kier molecular flexibility index (Phi) is 3.74. The third kappa shape index (κ3) is 2.79. The van der Waals surface area contributed by atoms with Crippen molar-refractivity contribution < 1.29 is 0 Å². The average molecular weight is 357 g/mol. The summed E-state index contributed by atoms with van der Waals surface area (Å²) in [5.74, 6) is 0.599. The van der Waals surface area contributed by atoms with Crippen molar-refractivity contribution in [1.82, 2.24) is 19.7 Å². The molecule has 0 amide bonds. The van der Waals surface area contributed by atoms with Crippen LogP contribution in [0.25, 0.3) is 16.7 Å². The molecule has 0 fully saturated rings. The first-order valence-corrected chi connectivity index (χ1v) is 9.15. The molecular weight excluding hydrogens is 338 g/mol. The number of aryl methyl sites for hydroxylation is 1. The Morgan fingerprint density at radius 3 is 2.59 bits per heavy atom. The van der Waals surface area contributed by atoms with Crippen LogP contribution in [0.5, 0.6) is 0 Å². The lowest BCUT2D eigenvalue weighted by atomic mass is 10.0. The van der Waals surface area contributed by atoms with E-state index in [0.29, 0.717) is 17.0 Å². The molecule has 0 saturated heterocycles. The smallest absolute Gasteiger partial charge is 0.263 e. The maximum atomic E-state index is 12.6. The molecule has 1 aliphatic rings. The Bertz CT molecular complexity index is 1160. The number of hydrogen-bond donors (Lipinski definition) is 1. The fraction of sp³-hybridized carbons (Fsp3) is 0.190. The molecule has 6 nitrogen and oxygen atoms in total. The van der Waals surface area contributed by atoms with Crippen LogP contribution in [0.15, 0.2) is 65.6 Å². The van der Waals surface area contributed by atoms with Gasteiger partial charge in [0.05, 0.1) is 11.9 Å². The molecule has 3 heterocycles. The fourth-order valence-corrected chi connectivity index (χ4v) is 3.70. The Morgan fingerprint density at radius 2 is 1.74 bits per heavy atom. The molecule has 2 aromatic heterocycles. The first-order valence-electron chi connectivity index (χ1n) is 9.15. The standard InChI is InChI=1S/C21H19N5O/c27-20-18-13-22-26(17-10-2-1-3-11-17)19(18)23-21(24-20)25-12-6-9-15-7-4-5-8-16(15)14-25/h1-5,7-8,10-11,13H,6,9,12,14H2,(H,23,24,27). The van der Waals surface area contributed by atoms with Crippen LogP contribution in [0.1, 0.15) is 17.5 Å². The normalized spacial score (nSPS) is 14.1. The zero-order chi connectivity index (χ0) is 18.2. The molecule has 27 heavy (non-hydrogen) atoms. The number of nitrogens with zero attached hydrogens (tertiary/aromatic N) is 4. The molecule has 6 heteroatoms. The summed E-state index contributed by atoms with van der Waals surface area (Å²) in [6.07, 6.45) is 3.65. The summed E-state index contributed by atoms with van der Waals surface area (Å²) in [4.78, 5) is 22.5. The number of aromatic nitrogens is 4. The lowest BCUT2D eigenvalue weighted by Gasteiger charge is -2.21. The van der Waals surface area contributed by atoms with Crippen LogP contribution in [-0.4, -0.2) is 26.3 Å². The summed E-state index contributed by atoms with van der Waals surface area (Å²) in [6.45, 7) is 1.59. The minimum atomic E-state index is -0.158. The van der Waals surface area contributed by atoms with E-state index in [-0.39, 0.29) is 5.56 Å². The molecule has 134 valence electrons. The number of anilines is 1. The Morgan fingerprint density at radius 1 is 0.963 bits per heavy atom. The van der Waals surface area contributed by atoms with Gasteiger partial charge in [0.2, 0.25) is 5.95 Å². The van der Waals surface area contributed by atoms with Gasteiger partial charge in [-0.2, -0.15) is 10.1 Å². The summed E-state index contributed by atoms with van der Waals surface area (Å²) in [5.41, 5.74) is 3.97. The molecule has 0 spiro atoms. The highest BCUT2D eigenvalue weighted by Crippen LogP contribution is 2.22. The molecule has 4 aromatic rings. The number of aromatic amines is 1. The molecule has 0 saturated carbocycles. The molecule has 0 aliphatic carbocycles. The van der Waals surface area contributed by atoms with E-state index in [1.54, 1.807) is 10.9 Å². The molecule has 2 aromatic carbocycles. The maximum absolute atomic E-state index is 12.6. The molecule has 1 N–H and O–H groups in total. The van der Waals surface area contributed by atoms with Crippen LogP contribution in [0.3, 0.4) is 0 Å². The lowest BCUT2D eigenvalue weighted by molar-refractivity contribution is 0.739. The van der Waals surface area contributed by atoms with Crippen LogP contribution in [0, 0.1) is 0 Å². The van der Waals surface area contributed by atoms with Crippen LogP contribution < -0.4 is 10.5 Å². The highest BCUT2D eigenvalue weighted by atomic mass is 16.1. The Balaban J connectivity index is 1.61. The van der Waals surface area contributed by atoms with Gasteiger partial charge in [0, 0.05) is 13.1 Å². The van der Waals surface area contributed by atoms with E-state index >= 15 is 0 Å². The van der Waals surface area contributed by atoms with Crippen molar-refractivity contribution in [3.05, 3.63) is 82.3 Å². The zero-order valence-corrected chi connectivity index (χ0v) is 14.8. The maximum Gasteiger partial charge on any atom is 0.263 e. The van der Waals surface area contributed by atoms with Crippen molar-refractivity contribution in [2.45, 2.75) is 19.4 Å². The van der Waals surface area contributed by atoms with E-state index in [1.807, 2.05) is 30.3 Å². The predicted octanol–water partition coefficient (Wildman–Crippen LogP) is 3.06. The highest BCUT2D eigenvalue weighted by molar-refractivity contribution is 5.76. The second-order valence-electron chi connectivity index (χ2n) is 6.81. The van der Waals surface area contributed by atoms with E-state index in [4.69, 9.17) is 4.98 Å². The SMILES string of the molecule is O=c1[nH]c(N2CCCc3ccccc3C2)nc2c1cnn2-c1ccccc1. The summed E-state index contributed by atoms with van der Waals surface area (Å²) in [5, 5.41) is 4.88. The Hall–Kier alpha value is -3.41. The fourth-order valence-electron chi connectivity index (χ4n) is 3.70. The second kappa shape index (κ2) is 6.39. The van der Waals surface area contributed by atoms with Gasteiger partial charge >= 0.3 is 0 Å². The molecule has 5 rings (SSSR count). The molecular formula is C21H19N5O. The van der Waals surface area contributed by atoms with Crippen molar-refractivity contribution in [3.8, 4) is 5.69 Å². The van der Waals surface area contributed by atoms with Gasteiger partial charge in [0.15, 0.2) is 5.65 Å². The van der Waals surface area contributed by atoms with Crippen LogP contribution in [0.4, 0.5) is 5.95 Å². The molecule has 0 bridgehead atoms. The van der Waals surface area contributed by atoms with Crippen LogP contribution >= 0.6 is 0 Å². The third-order valence-corrected chi connectivity index (χ3v) is 5.08. The molecule has 0 unspecified atom stereocenters. The highest BCUT2D eigenvalue weighted by Gasteiger charge is 2.19. The van der Waals surface area contributed by atoms with Crippen molar-refractivity contribution in [3.63, 3.8) is 0 Å². The van der Waals surface area contributed by atoms with E-state index in [9.17, 15) is 4.79 Å². The third-order valence-electron chi connectivity index (χ3n) is 5.08. The van der Waals surface area contributed by atoms with E-state index in [0.717, 1.165) is 31.6 Å². The first-order chi connectivity index (χ1) is 13.3. The average Bonchev–Trinajstić information content (AvgIpc) is 3.01. The van der Waals surface area contributed by atoms with Gasteiger partial charge in [-0.3, -0.25) is 9.78 Å². The number of rotatable bonds is 2. The number of benzene rings is 2. The molecule has 0 radical (unpaired) electrons. The van der Waals surface area contributed by atoms with Crippen molar-refractivity contribution in [2.24, 2.45) is 0 Å². The van der Waals surface area contributed by atoms with E-state index < -0.39 is 0 Å². The van der Waals surface area contributed by atoms with Gasteiger partial charge in [-0.15, -0.1) is 0 Å². The first kappa shape index (κ1) is 15.8. The lowest BCUT2D eigenvalue weighted by Crippen LogP contribution is -2.27. The van der Waals surface area contributed by atoms with E-state index in [2.05, 4.69) is 39.2 Å². The minimum Gasteiger partial charge on any atom is -0.338 e. The van der Waals surface area contributed by atoms with Gasteiger partial charge in [-0.1, -0.05) is 42.5 Å². The summed E-state index contributed by atoms with van der Waals surface area (Å²) in [6, 6.07) is 18.2. The number of para-hydroxylation sites is 1. The monoisotopic (exact) mass is 357 g/mol. The minimum absolute atomic E-state index is 0.158. The van der Waals surface area contributed by atoms with Crippen molar-refractivity contribution in [1.29, 1.82) is 0 Å². The largest absolute Gasteiger partial charge is 0.338 e. The number of fused-ring (bicyclic) bond motifs is 2. The number of H-pyrrole nitrogens is 1. The van der Waals surface area contributed by atoms with Gasteiger partial charge < -0.3 is 4.90 Å². The summed E-state index contributed by atoms with van der Waals surface area (Å²) >= 11 is 0. The zero-order valence-electron chi connectivity index (χ0n) is 14.8.